The van der Waals surface area contributed by atoms with E-state index in [0.29, 0.717) is 5.92 Å². The first-order valence-corrected chi connectivity index (χ1v) is 15.7. The lowest BCUT2D eigenvalue weighted by Gasteiger charge is -2.29. The smallest absolute Gasteiger partial charge is 0.250 e. The molecule has 1 amide bonds. The zero-order valence-electron chi connectivity index (χ0n) is 21.4. The number of allylic oxidation sites excluding steroid dienone is 1. The average Bonchev–Trinajstić information content (AvgIpc) is 3.35. The molecule has 0 unspecified atom stereocenters. The van der Waals surface area contributed by atoms with Gasteiger partial charge in [0, 0.05) is 18.4 Å². The number of nitrogens with zero attached hydrogens (tertiary/aromatic N) is 2. The van der Waals surface area contributed by atoms with Crippen molar-refractivity contribution in [3.63, 3.8) is 0 Å². The number of carbonyl (C=O) groups excluding carboxylic acids is 1. The van der Waals surface area contributed by atoms with Gasteiger partial charge in [-0.1, -0.05) is 62.4 Å². The minimum Gasteiger partial charge on any atom is -0.303 e. The van der Waals surface area contributed by atoms with E-state index in [1.165, 1.54) is 99.9 Å². The molecule has 0 radical (unpaired) electrons. The molecule has 4 nitrogen and oxygen atoms in total. The van der Waals surface area contributed by atoms with E-state index in [0.717, 1.165) is 41.4 Å². The fourth-order valence-electron chi connectivity index (χ4n) is 6.01. The summed E-state index contributed by atoms with van der Waals surface area (Å²) in [5.41, 5.74) is 2.48. The number of amides is 1. The zero-order valence-corrected chi connectivity index (χ0v) is 23.1. The molecule has 0 bridgehead atoms. The maximum Gasteiger partial charge on any atom is 0.250 e. The molecule has 2 heterocycles. The summed E-state index contributed by atoms with van der Waals surface area (Å²) < 4.78 is 1.25. The van der Waals surface area contributed by atoms with Gasteiger partial charge >= 0.3 is 0 Å². The quantitative estimate of drug-likeness (QED) is 0.213. The summed E-state index contributed by atoms with van der Waals surface area (Å²) in [6, 6.07) is 0. The second kappa shape index (κ2) is 13.5. The highest BCUT2D eigenvalue weighted by Crippen LogP contribution is 2.38. The minimum absolute atomic E-state index is 0.0331. The van der Waals surface area contributed by atoms with Crippen LogP contribution in [0.4, 0.5) is 5.13 Å². The van der Waals surface area contributed by atoms with Gasteiger partial charge in [0.05, 0.1) is 9.90 Å². The highest BCUT2D eigenvalue weighted by molar-refractivity contribution is 8.01. The van der Waals surface area contributed by atoms with E-state index in [2.05, 4.69) is 29.0 Å². The maximum absolute atomic E-state index is 13.1. The molecule has 1 aromatic heterocycles. The lowest BCUT2D eigenvalue weighted by molar-refractivity contribution is -0.112. The Balaban J connectivity index is 1.36. The zero-order chi connectivity index (χ0) is 23.8. The van der Waals surface area contributed by atoms with Crippen LogP contribution in [-0.4, -0.2) is 41.2 Å². The lowest BCUT2D eigenvalue weighted by Crippen LogP contribution is -2.21. The van der Waals surface area contributed by atoms with E-state index < -0.39 is 0 Å². The third kappa shape index (κ3) is 8.09. The normalized spacial score (nSPS) is 25.4. The van der Waals surface area contributed by atoms with E-state index in [9.17, 15) is 4.79 Å². The molecular formula is C28H45N3OS2. The van der Waals surface area contributed by atoms with Gasteiger partial charge in [0.15, 0.2) is 5.13 Å². The first-order chi connectivity index (χ1) is 16.6. The van der Waals surface area contributed by atoms with Crippen LogP contribution in [0.2, 0.25) is 0 Å². The number of thioether (sulfide) groups is 1. The second-order valence-corrected chi connectivity index (χ2v) is 13.4. The van der Waals surface area contributed by atoms with Crippen molar-refractivity contribution >= 4 is 34.1 Å². The number of hydrogen-bond donors (Lipinski definition) is 1. The van der Waals surface area contributed by atoms with Crippen molar-refractivity contribution < 1.29 is 4.79 Å². The number of hydrogen-bond acceptors (Lipinski definition) is 5. The predicted molar refractivity (Wildman–Crippen MR) is 147 cm³/mol. The average molecular weight is 504 g/mol. The molecule has 0 atom stereocenters. The fourth-order valence-corrected chi connectivity index (χ4v) is 8.23. The van der Waals surface area contributed by atoms with Crippen molar-refractivity contribution in [1.82, 2.24) is 9.88 Å². The SMILES string of the molecule is Cc1nc(NC(=O)/C=C(/C[C@H]2CC[C@H](C)CC2)C2CCCCCC2)sc1SCCN1CCCC1. The standard InChI is InChI=1S/C28H45N3OS2/c1-21-11-13-23(14-12-21)19-25(24-9-5-3-4-6-10-24)20-26(32)30-28-29-22(2)27(34-28)33-18-17-31-15-7-8-16-31/h20-21,23-24H,3-19H2,1-2H3,(H,29,30,32)/b25-20-/t21-,23-. The van der Waals surface area contributed by atoms with Crippen molar-refractivity contribution in [3.8, 4) is 0 Å². The summed E-state index contributed by atoms with van der Waals surface area (Å²) in [6.45, 7) is 8.11. The van der Waals surface area contributed by atoms with Gasteiger partial charge in [0.2, 0.25) is 5.91 Å². The van der Waals surface area contributed by atoms with Gasteiger partial charge in [0.25, 0.3) is 0 Å². The number of anilines is 1. The number of carbonyl (C=O) groups is 1. The third-order valence-corrected chi connectivity index (χ3v) is 10.6. The Labute approximate surface area is 215 Å². The van der Waals surface area contributed by atoms with Gasteiger partial charge in [-0.05, 0) is 82.7 Å². The largest absolute Gasteiger partial charge is 0.303 e. The highest BCUT2D eigenvalue weighted by Gasteiger charge is 2.24. The van der Waals surface area contributed by atoms with Gasteiger partial charge < -0.3 is 4.90 Å². The number of aryl methyl sites for hydroxylation is 1. The van der Waals surface area contributed by atoms with Crippen LogP contribution in [0.1, 0.15) is 96.1 Å². The molecular weight excluding hydrogens is 458 g/mol. The van der Waals surface area contributed by atoms with Crippen molar-refractivity contribution in [2.75, 3.05) is 30.7 Å². The van der Waals surface area contributed by atoms with Crippen LogP contribution in [0.25, 0.3) is 0 Å². The van der Waals surface area contributed by atoms with Gasteiger partial charge in [-0.3, -0.25) is 10.1 Å². The van der Waals surface area contributed by atoms with Crippen LogP contribution < -0.4 is 5.32 Å². The Morgan fingerprint density at radius 3 is 2.47 bits per heavy atom. The van der Waals surface area contributed by atoms with Gasteiger partial charge in [-0.25, -0.2) is 4.98 Å². The molecule has 34 heavy (non-hydrogen) atoms. The van der Waals surface area contributed by atoms with Crippen LogP contribution in [0.3, 0.4) is 0 Å². The number of thiazole rings is 1. The van der Waals surface area contributed by atoms with Crippen molar-refractivity contribution in [2.24, 2.45) is 17.8 Å². The van der Waals surface area contributed by atoms with Crippen LogP contribution in [0, 0.1) is 24.7 Å². The monoisotopic (exact) mass is 503 g/mol. The van der Waals surface area contributed by atoms with Crippen LogP contribution in [-0.2, 0) is 4.79 Å². The fraction of sp³-hybridized carbons (Fsp3) is 0.786. The van der Waals surface area contributed by atoms with Crippen molar-refractivity contribution in [3.05, 3.63) is 17.3 Å². The van der Waals surface area contributed by atoms with E-state index in [-0.39, 0.29) is 5.91 Å². The molecule has 1 saturated heterocycles. The van der Waals surface area contributed by atoms with E-state index in [4.69, 9.17) is 0 Å². The van der Waals surface area contributed by atoms with E-state index in [1.54, 1.807) is 11.3 Å². The molecule has 1 aliphatic heterocycles. The molecule has 0 aromatic carbocycles. The Morgan fingerprint density at radius 2 is 1.76 bits per heavy atom. The Hall–Kier alpha value is -0.850. The minimum atomic E-state index is 0.0331. The highest BCUT2D eigenvalue weighted by atomic mass is 32.2. The topological polar surface area (TPSA) is 45.2 Å². The molecule has 4 rings (SSSR count). The Morgan fingerprint density at radius 1 is 1.06 bits per heavy atom. The molecule has 6 heteroatoms. The van der Waals surface area contributed by atoms with Crippen molar-refractivity contribution in [2.45, 2.75) is 102 Å². The number of aromatic nitrogens is 1. The molecule has 2 aliphatic carbocycles. The first-order valence-electron chi connectivity index (χ1n) is 13.9. The molecule has 3 aliphatic rings. The van der Waals surface area contributed by atoms with Gasteiger partial charge in [-0.15, -0.1) is 11.8 Å². The first kappa shape index (κ1) is 26.2. The number of nitrogens with one attached hydrogen (secondary N) is 1. The summed E-state index contributed by atoms with van der Waals surface area (Å²) in [6.07, 6.45) is 19.0. The molecule has 2 saturated carbocycles. The Bertz CT molecular complexity index is 799. The molecule has 1 N–H and O–H groups in total. The summed E-state index contributed by atoms with van der Waals surface area (Å²) in [5, 5.41) is 3.89. The van der Waals surface area contributed by atoms with Gasteiger partial charge in [0.1, 0.15) is 0 Å². The summed E-state index contributed by atoms with van der Waals surface area (Å²) in [7, 11) is 0. The summed E-state index contributed by atoms with van der Waals surface area (Å²) in [5.74, 6) is 3.37. The Kier molecular flexibility index (Phi) is 10.4. The molecule has 0 spiro atoms. The number of rotatable bonds is 9. The summed E-state index contributed by atoms with van der Waals surface area (Å²) in [4.78, 5) is 20.4. The number of likely N-dealkylation sites (tertiary alicyclic amines) is 1. The lowest BCUT2D eigenvalue weighted by atomic mass is 9.77. The molecule has 190 valence electrons. The van der Waals surface area contributed by atoms with Crippen LogP contribution in [0.5, 0.6) is 0 Å². The van der Waals surface area contributed by atoms with E-state index in [1.807, 2.05) is 17.8 Å². The summed E-state index contributed by atoms with van der Waals surface area (Å²) >= 11 is 3.54. The molecule has 1 aromatic rings. The van der Waals surface area contributed by atoms with Gasteiger partial charge in [-0.2, -0.15) is 0 Å². The molecule has 3 fully saturated rings. The van der Waals surface area contributed by atoms with Crippen molar-refractivity contribution in [1.29, 1.82) is 0 Å². The van der Waals surface area contributed by atoms with Crippen LogP contribution in [0.15, 0.2) is 15.9 Å². The van der Waals surface area contributed by atoms with Crippen LogP contribution >= 0.6 is 23.1 Å². The predicted octanol–water partition coefficient (Wildman–Crippen LogP) is 7.69. The van der Waals surface area contributed by atoms with E-state index >= 15 is 0 Å². The third-order valence-electron chi connectivity index (χ3n) is 8.18. The maximum atomic E-state index is 13.1. The second-order valence-electron chi connectivity index (χ2n) is 11.0.